The molecular weight excluding hydrogens is 412 g/mol. The van der Waals surface area contributed by atoms with Gasteiger partial charge in [-0.15, -0.1) is 0 Å². The van der Waals surface area contributed by atoms with Crippen molar-refractivity contribution in [1.82, 2.24) is 20.2 Å². The van der Waals surface area contributed by atoms with Crippen molar-refractivity contribution in [3.05, 3.63) is 107 Å². The zero-order valence-electron chi connectivity index (χ0n) is 18.5. The maximum Gasteiger partial charge on any atom is 0.251 e. The van der Waals surface area contributed by atoms with Crippen molar-refractivity contribution in [2.24, 2.45) is 0 Å². The topological polar surface area (TPSA) is 75.9 Å². The molecule has 0 unspecified atom stereocenters. The molecule has 1 aliphatic heterocycles. The van der Waals surface area contributed by atoms with Crippen molar-refractivity contribution in [3.63, 3.8) is 0 Å². The molecule has 7 nitrogen and oxygen atoms in total. The predicted octanol–water partition coefficient (Wildman–Crippen LogP) is 4.38. The number of carbonyl (C=O) groups is 1. The fraction of sp³-hybridized carbons (Fsp3) is 0.154. The average molecular weight is 437 g/mol. The smallest absolute Gasteiger partial charge is 0.251 e. The third-order valence-corrected chi connectivity index (χ3v) is 5.89. The number of rotatable bonds is 5. The molecule has 1 N–H and O–H groups in total. The van der Waals surface area contributed by atoms with Crippen molar-refractivity contribution in [2.75, 3.05) is 16.8 Å². The fourth-order valence-corrected chi connectivity index (χ4v) is 4.03. The van der Waals surface area contributed by atoms with Gasteiger partial charge in [-0.05, 0) is 64.7 Å². The molecule has 1 aromatic heterocycles. The summed E-state index contributed by atoms with van der Waals surface area (Å²) in [7, 11) is 0. The monoisotopic (exact) mass is 436 g/mol. The number of aryl methyl sites for hydroxylation is 2. The molecule has 164 valence electrons. The molecule has 5 rings (SSSR count). The maximum atomic E-state index is 13.1. The molecule has 7 heteroatoms. The Bertz CT molecular complexity index is 1310. The third-order valence-electron chi connectivity index (χ3n) is 5.89. The SMILES string of the molecule is Cc1ccc(NC(=O)CN2C(c3ccccc3)=C[C@@H](c3ccccc3)n3nnnc32)cc1C. The molecule has 0 bridgehead atoms. The first kappa shape index (κ1) is 20.6. The van der Waals surface area contributed by atoms with Crippen LogP contribution in [-0.2, 0) is 4.79 Å². The van der Waals surface area contributed by atoms with Crippen LogP contribution >= 0.6 is 0 Å². The van der Waals surface area contributed by atoms with Gasteiger partial charge in [0, 0.05) is 5.69 Å². The second-order valence-corrected chi connectivity index (χ2v) is 8.13. The molecule has 3 aromatic carbocycles. The van der Waals surface area contributed by atoms with Crippen LogP contribution < -0.4 is 10.2 Å². The lowest BCUT2D eigenvalue weighted by atomic mass is 10.0. The van der Waals surface area contributed by atoms with E-state index in [1.165, 1.54) is 5.56 Å². The van der Waals surface area contributed by atoms with E-state index < -0.39 is 0 Å². The second-order valence-electron chi connectivity index (χ2n) is 8.13. The number of nitrogens with zero attached hydrogens (tertiary/aromatic N) is 5. The van der Waals surface area contributed by atoms with Gasteiger partial charge in [-0.2, -0.15) is 4.68 Å². The van der Waals surface area contributed by atoms with Gasteiger partial charge in [-0.3, -0.25) is 9.69 Å². The van der Waals surface area contributed by atoms with E-state index in [9.17, 15) is 4.79 Å². The standard InChI is InChI=1S/C26H24N6O/c1-18-13-14-22(15-19(18)2)27-25(33)17-31-23(20-9-5-3-6-10-20)16-24(21-11-7-4-8-12-21)32-26(31)28-29-30-32/h3-16,24H,17H2,1-2H3,(H,27,33)/t24-/m0/s1. The van der Waals surface area contributed by atoms with E-state index in [2.05, 4.69) is 46.0 Å². The Morgan fingerprint density at radius 3 is 2.39 bits per heavy atom. The Balaban J connectivity index is 1.51. The molecule has 33 heavy (non-hydrogen) atoms. The van der Waals surface area contributed by atoms with Gasteiger partial charge in [0.1, 0.15) is 12.6 Å². The Kier molecular flexibility index (Phi) is 5.44. The molecule has 0 saturated heterocycles. The summed E-state index contributed by atoms with van der Waals surface area (Å²) in [6.45, 7) is 4.16. The van der Waals surface area contributed by atoms with Crippen LogP contribution in [-0.4, -0.2) is 32.7 Å². The molecule has 0 saturated carbocycles. The maximum absolute atomic E-state index is 13.1. The fourth-order valence-electron chi connectivity index (χ4n) is 4.03. The van der Waals surface area contributed by atoms with Crippen molar-refractivity contribution in [2.45, 2.75) is 19.9 Å². The van der Waals surface area contributed by atoms with Gasteiger partial charge < -0.3 is 5.32 Å². The molecular formula is C26H24N6O. The summed E-state index contributed by atoms with van der Waals surface area (Å²) < 4.78 is 1.76. The van der Waals surface area contributed by atoms with Crippen molar-refractivity contribution >= 4 is 23.2 Å². The summed E-state index contributed by atoms with van der Waals surface area (Å²) in [6, 6.07) is 25.8. The molecule has 0 fully saturated rings. The molecule has 1 aliphatic rings. The van der Waals surface area contributed by atoms with Gasteiger partial charge in [0.2, 0.25) is 5.91 Å². The number of fused-ring (bicyclic) bond motifs is 1. The van der Waals surface area contributed by atoms with Gasteiger partial charge in [-0.1, -0.05) is 71.8 Å². The van der Waals surface area contributed by atoms with Crippen LogP contribution in [0.1, 0.15) is 28.3 Å². The largest absolute Gasteiger partial charge is 0.325 e. The molecule has 2 heterocycles. The average Bonchev–Trinajstić information content (AvgIpc) is 3.33. The molecule has 0 radical (unpaired) electrons. The molecule has 0 spiro atoms. The van der Waals surface area contributed by atoms with Gasteiger partial charge >= 0.3 is 0 Å². The Labute approximate surface area is 192 Å². The van der Waals surface area contributed by atoms with Crippen LogP contribution in [0.25, 0.3) is 5.70 Å². The van der Waals surface area contributed by atoms with E-state index in [4.69, 9.17) is 0 Å². The van der Waals surface area contributed by atoms with E-state index in [1.54, 1.807) is 4.68 Å². The molecule has 1 amide bonds. The lowest BCUT2D eigenvalue weighted by Crippen LogP contribution is -2.37. The normalized spacial score (nSPS) is 15.0. The number of nitrogens with one attached hydrogen (secondary N) is 1. The predicted molar refractivity (Wildman–Crippen MR) is 129 cm³/mol. The Hall–Kier alpha value is -4.26. The van der Waals surface area contributed by atoms with Gasteiger partial charge in [0.05, 0.1) is 5.70 Å². The Morgan fingerprint density at radius 1 is 0.939 bits per heavy atom. The first-order chi connectivity index (χ1) is 16.1. The summed E-state index contributed by atoms with van der Waals surface area (Å²) >= 11 is 0. The first-order valence-corrected chi connectivity index (χ1v) is 10.8. The third kappa shape index (κ3) is 4.13. The van der Waals surface area contributed by atoms with Crippen LogP contribution in [0.5, 0.6) is 0 Å². The van der Waals surface area contributed by atoms with Crippen LogP contribution in [0, 0.1) is 13.8 Å². The van der Waals surface area contributed by atoms with Gasteiger partial charge in [0.15, 0.2) is 0 Å². The van der Waals surface area contributed by atoms with E-state index in [0.717, 1.165) is 28.1 Å². The molecule has 0 aliphatic carbocycles. The number of allylic oxidation sites excluding steroid dienone is 1. The van der Waals surface area contributed by atoms with E-state index >= 15 is 0 Å². The van der Waals surface area contributed by atoms with Crippen molar-refractivity contribution in [1.29, 1.82) is 0 Å². The number of anilines is 2. The highest BCUT2D eigenvalue weighted by molar-refractivity contribution is 5.97. The number of amides is 1. The minimum absolute atomic E-state index is 0.0789. The van der Waals surface area contributed by atoms with E-state index in [0.29, 0.717) is 5.95 Å². The highest BCUT2D eigenvalue weighted by Gasteiger charge is 2.31. The number of benzene rings is 3. The van der Waals surface area contributed by atoms with Crippen LogP contribution in [0.4, 0.5) is 11.6 Å². The van der Waals surface area contributed by atoms with E-state index in [1.807, 2.05) is 78.6 Å². The summed E-state index contributed by atoms with van der Waals surface area (Å²) in [4.78, 5) is 14.9. The van der Waals surface area contributed by atoms with Crippen molar-refractivity contribution in [3.8, 4) is 0 Å². The number of hydrogen-bond donors (Lipinski definition) is 1. The number of carbonyl (C=O) groups excluding carboxylic acids is 1. The highest BCUT2D eigenvalue weighted by Crippen LogP contribution is 2.36. The summed E-state index contributed by atoms with van der Waals surface area (Å²) in [5.74, 6) is 0.383. The quantitative estimate of drug-likeness (QED) is 0.503. The van der Waals surface area contributed by atoms with Gasteiger partial charge in [-0.25, -0.2) is 0 Å². The van der Waals surface area contributed by atoms with Crippen LogP contribution in [0.2, 0.25) is 0 Å². The summed E-state index contributed by atoms with van der Waals surface area (Å²) in [5, 5.41) is 15.5. The molecule has 1 atom stereocenters. The zero-order valence-corrected chi connectivity index (χ0v) is 18.5. The first-order valence-electron chi connectivity index (χ1n) is 10.8. The second kappa shape index (κ2) is 8.70. The van der Waals surface area contributed by atoms with Crippen LogP contribution in [0.3, 0.4) is 0 Å². The minimum atomic E-state index is -0.175. The number of tetrazole rings is 1. The summed E-state index contributed by atoms with van der Waals surface area (Å²) in [6.07, 6.45) is 2.11. The van der Waals surface area contributed by atoms with E-state index in [-0.39, 0.29) is 18.5 Å². The highest BCUT2D eigenvalue weighted by atomic mass is 16.2. The number of aromatic nitrogens is 4. The number of hydrogen-bond acceptors (Lipinski definition) is 5. The summed E-state index contributed by atoms with van der Waals surface area (Å²) in [5.41, 5.74) is 6.04. The van der Waals surface area contributed by atoms with Crippen molar-refractivity contribution < 1.29 is 4.79 Å². The zero-order chi connectivity index (χ0) is 22.8. The lowest BCUT2D eigenvalue weighted by molar-refractivity contribution is -0.114. The molecule has 4 aromatic rings. The van der Waals surface area contributed by atoms with Crippen LogP contribution in [0.15, 0.2) is 84.9 Å². The minimum Gasteiger partial charge on any atom is -0.325 e. The lowest BCUT2D eigenvalue weighted by Gasteiger charge is -2.32. The van der Waals surface area contributed by atoms with Gasteiger partial charge in [0.25, 0.3) is 5.95 Å². The Morgan fingerprint density at radius 2 is 1.67 bits per heavy atom.